The van der Waals surface area contributed by atoms with Crippen LogP contribution in [0, 0.1) is 13.8 Å². The van der Waals surface area contributed by atoms with Crippen molar-refractivity contribution < 1.29 is 49.2 Å². The van der Waals surface area contributed by atoms with Crippen LogP contribution in [0.15, 0.2) is 72.8 Å². The highest BCUT2D eigenvalue weighted by Crippen LogP contribution is 2.39. The molecule has 6 aromatic rings. The van der Waals surface area contributed by atoms with Gasteiger partial charge in [0.25, 0.3) is 11.8 Å². The number of amides is 2. The molecule has 1 unspecified atom stereocenters. The number of carboxylic acids is 2. The molecule has 18 heteroatoms. The number of fused-ring (bicyclic) bond motifs is 2. The molecule has 0 saturated carbocycles. The summed E-state index contributed by atoms with van der Waals surface area (Å²) in [5, 5.41) is 44.9. The summed E-state index contributed by atoms with van der Waals surface area (Å²) in [5.41, 5.74) is 1.84. The van der Waals surface area contributed by atoms with E-state index < -0.39 is 35.3 Å². The zero-order valence-electron chi connectivity index (χ0n) is 33.1. The Bertz CT molecular complexity index is 2760. The van der Waals surface area contributed by atoms with Crippen molar-refractivity contribution in [3.05, 3.63) is 127 Å². The number of phenols is 2. The molecule has 0 saturated heterocycles. The van der Waals surface area contributed by atoms with Gasteiger partial charge < -0.3 is 31.1 Å². The summed E-state index contributed by atoms with van der Waals surface area (Å²) in [6, 6.07) is 17.4. The highest BCUT2D eigenvalue weighted by atomic mass is 35.5. The van der Waals surface area contributed by atoms with Crippen LogP contribution < -0.4 is 10.6 Å². The monoisotopic (exact) mass is 910 g/mol. The molecule has 0 aliphatic carbocycles. The van der Waals surface area contributed by atoms with Gasteiger partial charge >= 0.3 is 11.9 Å². The minimum Gasteiger partial charge on any atom is -0.506 e. The lowest BCUT2D eigenvalue weighted by atomic mass is 10.0. The van der Waals surface area contributed by atoms with Crippen molar-refractivity contribution in [2.75, 3.05) is 0 Å². The predicted octanol–water partition coefficient (Wildman–Crippen LogP) is 7.95. The van der Waals surface area contributed by atoms with Crippen LogP contribution in [0.3, 0.4) is 0 Å². The van der Waals surface area contributed by atoms with Crippen molar-refractivity contribution in [3.8, 4) is 11.5 Å². The Morgan fingerprint density at radius 1 is 0.623 bits per heavy atom. The molecule has 2 aromatic heterocycles. The summed E-state index contributed by atoms with van der Waals surface area (Å²) in [4.78, 5) is 73.8. The van der Waals surface area contributed by atoms with Gasteiger partial charge in [-0.15, -0.1) is 0 Å². The summed E-state index contributed by atoms with van der Waals surface area (Å²) in [6.07, 6.45) is -0.451. The number of nitrogens with zero attached hydrogens (tertiary/aromatic N) is 2. The van der Waals surface area contributed by atoms with E-state index in [2.05, 4.69) is 10.6 Å². The van der Waals surface area contributed by atoms with Crippen molar-refractivity contribution in [1.29, 1.82) is 0 Å². The third-order valence-electron chi connectivity index (χ3n) is 9.83. The van der Waals surface area contributed by atoms with Crippen LogP contribution in [0.5, 0.6) is 11.5 Å². The number of aromatic hydroxyl groups is 2. The van der Waals surface area contributed by atoms with Crippen molar-refractivity contribution in [2.24, 2.45) is 0 Å². The first kappa shape index (κ1) is 46.0. The van der Waals surface area contributed by atoms with E-state index in [0.29, 0.717) is 65.5 Å². The van der Waals surface area contributed by atoms with Crippen LogP contribution in [-0.4, -0.2) is 76.7 Å². The molecule has 0 fully saturated rings. The molecule has 1 atom stereocenters. The number of aromatic nitrogens is 2. The van der Waals surface area contributed by atoms with Gasteiger partial charge in [-0.2, -0.15) is 0 Å². The molecule has 318 valence electrons. The van der Waals surface area contributed by atoms with E-state index >= 15 is 0 Å². The number of carboxylic acid groups (broad SMARTS) is 2. The Kier molecular flexibility index (Phi) is 13.8. The van der Waals surface area contributed by atoms with Crippen molar-refractivity contribution in [3.63, 3.8) is 0 Å². The molecule has 2 heterocycles. The normalized spacial score (nSPS) is 11.8. The van der Waals surface area contributed by atoms with Crippen LogP contribution >= 0.6 is 46.4 Å². The number of halogens is 4. The Hall–Kier alpha value is -6.06. The fourth-order valence-corrected chi connectivity index (χ4v) is 7.37. The van der Waals surface area contributed by atoms with E-state index in [-0.39, 0.29) is 46.2 Å². The van der Waals surface area contributed by atoms with E-state index in [0.717, 1.165) is 0 Å². The average molecular weight is 913 g/mol. The predicted molar refractivity (Wildman–Crippen MR) is 232 cm³/mol. The number of hydrogen-bond acceptors (Lipinski definition) is 8. The van der Waals surface area contributed by atoms with Gasteiger partial charge in [0.15, 0.2) is 0 Å². The maximum absolute atomic E-state index is 13.2. The van der Waals surface area contributed by atoms with Gasteiger partial charge in [0.2, 0.25) is 11.8 Å². The first-order valence-corrected chi connectivity index (χ1v) is 19.8. The number of carbonyl (C=O) groups excluding carboxylic acids is 4. The average Bonchev–Trinajstić information content (AvgIpc) is 3.63. The Labute approximate surface area is 368 Å². The van der Waals surface area contributed by atoms with Crippen LogP contribution in [-0.2, 0) is 32.0 Å². The van der Waals surface area contributed by atoms with E-state index in [4.69, 9.17) is 51.5 Å². The number of phenolic OH excluding ortho intramolecular Hbond substituents is 2. The summed E-state index contributed by atoms with van der Waals surface area (Å²) in [6.45, 7) is 7.40. The summed E-state index contributed by atoms with van der Waals surface area (Å²) in [5.74, 6) is -4.58. The lowest BCUT2D eigenvalue weighted by molar-refractivity contribution is -0.145. The van der Waals surface area contributed by atoms with Gasteiger partial charge in [-0.05, 0) is 119 Å². The van der Waals surface area contributed by atoms with Gasteiger partial charge in [0.05, 0.1) is 33.9 Å². The molecular formula is C43H38Cl4N4O10. The second-order valence-corrected chi connectivity index (χ2v) is 16.1. The Morgan fingerprint density at radius 2 is 1.00 bits per heavy atom. The smallest absolute Gasteiger partial charge is 0.328 e. The first-order valence-electron chi connectivity index (χ1n) is 18.2. The van der Waals surface area contributed by atoms with Gasteiger partial charge in [-0.1, -0.05) is 46.4 Å². The van der Waals surface area contributed by atoms with Crippen molar-refractivity contribution >= 4 is 104 Å². The topological polar surface area (TPSA) is 217 Å². The molecule has 61 heavy (non-hydrogen) atoms. The summed E-state index contributed by atoms with van der Waals surface area (Å²) < 4.78 is 2.82. The van der Waals surface area contributed by atoms with Gasteiger partial charge in [0, 0.05) is 43.3 Å². The number of rotatable bonds is 10. The number of aliphatic carboxylic acids is 2. The molecule has 0 aliphatic rings. The van der Waals surface area contributed by atoms with Gasteiger partial charge in [0.1, 0.15) is 23.1 Å². The Morgan fingerprint density at radius 3 is 1.36 bits per heavy atom. The molecule has 14 nitrogen and oxygen atoms in total. The zero-order valence-corrected chi connectivity index (χ0v) is 36.1. The molecular weight excluding hydrogens is 874 g/mol. The molecule has 0 bridgehead atoms. The maximum Gasteiger partial charge on any atom is 0.328 e. The standard InChI is InChI=1S/C22H20Cl2N2O5.C21H18Cl2N2O5/c1-11-14(10-17(28)25-22(2,3)21(30)31)18-15(8-9-16(27)19(18)24)26(11)20(29)12-4-6-13(23)7-5-12;1-10(21(29)30)24-17(27)9-14-11(2)25(15-7-8-16(26)19(23)18(14)15)20(28)12-3-5-13(22)6-4-12/h4-9,27H,10H2,1-3H3,(H,25,28)(H,30,31);3-8,10,26H,9H2,1-2H3,(H,24,27)(H,29,30). The Balaban J connectivity index is 0.000000231. The van der Waals surface area contributed by atoms with E-state index in [1.807, 2.05) is 0 Å². The molecule has 6 N–H and O–H groups in total. The molecule has 2 amide bonds. The van der Waals surface area contributed by atoms with Crippen LogP contribution in [0.25, 0.3) is 21.8 Å². The SMILES string of the molecule is Cc1c(CC(=O)NC(C)(C)C(=O)O)c2c(Cl)c(O)ccc2n1C(=O)c1ccc(Cl)cc1.Cc1c(CC(=O)NC(C)C(=O)O)c2c(Cl)c(O)ccc2n1C(=O)c1ccc(Cl)cc1. The second kappa shape index (κ2) is 18.3. The number of carbonyl (C=O) groups is 6. The fourth-order valence-electron chi connectivity index (χ4n) is 6.57. The van der Waals surface area contributed by atoms with Gasteiger partial charge in [-0.3, -0.25) is 33.1 Å². The number of hydrogen-bond donors (Lipinski definition) is 6. The minimum atomic E-state index is -1.48. The van der Waals surface area contributed by atoms with Crippen LogP contribution in [0.2, 0.25) is 20.1 Å². The molecule has 6 rings (SSSR count). The maximum atomic E-state index is 13.2. The van der Waals surface area contributed by atoms with Crippen molar-refractivity contribution in [1.82, 2.24) is 19.8 Å². The molecule has 0 radical (unpaired) electrons. The summed E-state index contributed by atoms with van der Waals surface area (Å²) >= 11 is 24.5. The van der Waals surface area contributed by atoms with E-state index in [1.54, 1.807) is 74.5 Å². The molecule has 0 spiro atoms. The largest absolute Gasteiger partial charge is 0.506 e. The third-order valence-corrected chi connectivity index (χ3v) is 11.1. The zero-order chi connectivity index (χ0) is 45.2. The van der Waals surface area contributed by atoms with Crippen LogP contribution in [0.4, 0.5) is 0 Å². The summed E-state index contributed by atoms with van der Waals surface area (Å²) in [7, 11) is 0. The fraction of sp³-hybridized carbons (Fsp3) is 0.209. The highest BCUT2D eigenvalue weighted by molar-refractivity contribution is 6.38. The second-order valence-electron chi connectivity index (χ2n) is 14.5. The highest BCUT2D eigenvalue weighted by Gasteiger charge is 2.31. The third kappa shape index (κ3) is 9.63. The number of benzene rings is 4. The van der Waals surface area contributed by atoms with Crippen LogP contribution in [0.1, 0.15) is 64.0 Å². The van der Waals surface area contributed by atoms with E-state index in [1.165, 1.54) is 42.0 Å². The lowest BCUT2D eigenvalue weighted by Gasteiger charge is -2.21. The molecule has 4 aromatic carbocycles. The molecule has 0 aliphatic heterocycles. The first-order chi connectivity index (χ1) is 28.5. The minimum absolute atomic E-state index is 0.00329. The van der Waals surface area contributed by atoms with E-state index in [9.17, 15) is 44.1 Å². The number of nitrogens with one attached hydrogen (secondary N) is 2. The van der Waals surface area contributed by atoms with Crippen molar-refractivity contribution in [2.45, 2.75) is 59.0 Å². The van der Waals surface area contributed by atoms with Gasteiger partial charge in [-0.25, -0.2) is 4.79 Å². The quantitative estimate of drug-likeness (QED) is 0.0779. The lowest BCUT2D eigenvalue weighted by Crippen LogP contribution is -2.50.